The van der Waals surface area contributed by atoms with E-state index in [0.717, 1.165) is 17.2 Å². The Morgan fingerprint density at radius 2 is 2.33 bits per heavy atom. The van der Waals surface area contributed by atoms with Crippen LogP contribution in [0, 0.1) is 0 Å². The van der Waals surface area contributed by atoms with Crippen molar-refractivity contribution in [3.05, 3.63) is 17.2 Å². The van der Waals surface area contributed by atoms with E-state index >= 15 is 0 Å². The molecule has 0 bridgehead atoms. The maximum absolute atomic E-state index is 10.6. The number of benzene rings is 1. The molecule has 1 amide bonds. The van der Waals surface area contributed by atoms with Gasteiger partial charge in [-0.1, -0.05) is 11.6 Å². The number of carbonyl (C=O) groups is 1. The van der Waals surface area contributed by atoms with Gasteiger partial charge in [0.15, 0.2) is 0 Å². The van der Waals surface area contributed by atoms with Crippen molar-refractivity contribution in [1.29, 1.82) is 0 Å². The van der Waals surface area contributed by atoms with Crippen molar-refractivity contribution < 1.29 is 4.79 Å². The van der Waals surface area contributed by atoms with Crippen LogP contribution in [-0.2, 0) is 4.79 Å². The summed E-state index contributed by atoms with van der Waals surface area (Å²) >= 11 is 7.06. The lowest BCUT2D eigenvalue weighted by molar-refractivity contribution is -0.116. The van der Waals surface area contributed by atoms with Crippen molar-refractivity contribution in [2.24, 2.45) is 5.73 Å². The largest absolute Gasteiger partial charge is 0.373 e. The van der Waals surface area contributed by atoms with E-state index in [9.17, 15) is 4.79 Å². The number of hydrogen-bond donors (Lipinski definition) is 2. The molecule has 15 heavy (non-hydrogen) atoms. The lowest BCUT2D eigenvalue weighted by Gasteiger charge is -2.05. The summed E-state index contributed by atoms with van der Waals surface area (Å²) in [5.41, 5.74) is 7.04. The van der Waals surface area contributed by atoms with E-state index < -0.39 is 5.91 Å². The second-order valence-electron chi connectivity index (χ2n) is 2.87. The molecule has 0 fully saturated rings. The van der Waals surface area contributed by atoms with Crippen molar-refractivity contribution >= 4 is 46.0 Å². The molecule has 1 heterocycles. The molecule has 0 saturated carbocycles. The number of anilines is 1. The highest BCUT2D eigenvalue weighted by Gasteiger charge is 2.09. The van der Waals surface area contributed by atoms with E-state index in [1.165, 1.54) is 0 Å². The topological polar surface area (TPSA) is 80.9 Å². The molecule has 78 valence electrons. The molecular formula is C8H7ClN4OS. The van der Waals surface area contributed by atoms with Gasteiger partial charge in [0.05, 0.1) is 29.0 Å². The fraction of sp³-hybridized carbons (Fsp3) is 0.125. The zero-order valence-electron chi connectivity index (χ0n) is 7.53. The number of amides is 1. The highest BCUT2D eigenvalue weighted by Crippen LogP contribution is 2.29. The van der Waals surface area contributed by atoms with Gasteiger partial charge in [0, 0.05) is 0 Å². The Kier molecular flexibility index (Phi) is 2.70. The molecule has 2 rings (SSSR count). The molecule has 1 aromatic carbocycles. The number of nitrogens with two attached hydrogens (primary N) is 1. The second kappa shape index (κ2) is 4.00. The van der Waals surface area contributed by atoms with E-state index in [-0.39, 0.29) is 6.54 Å². The molecule has 0 aliphatic carbocycles. The van der Waals surface area contributed by atoms with Crippen LogP contribution in [0.2, 0.25) is 5.02 Å². The molecule has 0 radical (unpaired) electrons. The van der Waals surface area contributed by atoms with E-state index in [4.69, 9.17) is 17.3 Å². The van der Waals surface area contributed by atoms with E-state index in [0.29, 0.717) is 16.2 Å². The highest BCUT2D eigenvalue weighted by molar-refractivity contribution is 7.00. The van der Waals surface area contributed by atoms with Crippen LogP contribution in [0.4, 0.5) is 5.69 Å². The Morgan fingerprint density at radius 3 is 3.07 bits per heavy atom. The number of fused-ring (bicyclic) bond motifs is 1. The first-order valence-corrected chi connectivity index (χ1v) is 5.22. The first-order valence-electron chi connectivity index (χ1n) is 4.11. The second-order valence-corrected chi connectivity index (χ2v) is 3.81. The van der Waals surface area contributed by atoms with Crippen LogP contribution in [0.1, 0.15) is 0 Å². The molecule has 7 heteroatoms. The number of aromatic nitrogens is 2. The maximum Gasteiger partial charge on any atom is 0.236 e. The lowest BCUT2D eigenvalue weighted by Crippen LogP contribution is -2.22. The van der Waals surface area contributed by atoms with Crippen molar-refractivity contribution in [3.63, 3.8) is 0 Å². The molecule has 5 nitrogen and oxygen atoms in total. The van der Waals surface area contributed by atoms with Crippen LogP contribution in [0.3, 0.4) is 0 Å². The summed E-state index contributed by atoms with van der Waals surface area (Å²) in [6.07, 6.45) is 0. The monoisotopic (exact) mass is 242 g/mol. The van der Waals surface area contributed by atoms with Crippen molar-refractivity contribution in [3.8, 4) is 0 Å². The molecule has 0 spiro atoms. The summed E-state index contributed by atoms with van der Waals surface area (Å²) in [5.74, 6) is -0.453. The predicted molar refractivity (Wildman–Crippen MR) is 60.1 cm³/mol. The van der Waals surface area contributed by atoms with Gasteiger partial charge in [-0.15, -0.1) is 0 Å². The first-order chi connectivity index (χ1) is 7.18. The average Bonchev–Trinajstić information content (AvgIpc) is 2.63. The summed E-state index contributed by atoms with van der Waals surface area (Å²) in [7, 11) is 0. The van der Waals surface area contributed by atoms with Gasteiger partial charge in [0.2, 0.25) is 5.91 Å². The Balaban J connectivity index is 2.42. The number of nitrogens with one attached hydrogen (secondary N) is 1. The normalized spacial score (nSPS) is 10.5. The smallest absolute Gasteiger partial charge is 0.236 e. The number of hydrogen-bond acceptors (Lipinski definition) is 5. The predicted octanol–water partition coefficient (Wildman–Crippen LogP) is 1.24. The third kappa shape index (κ3) is 2.00. The fourth-order valence-electron chi connectivity index (χ4n) is 1.17. The zero-order valence-corrected chi connectivity index (χ0v) is 9.10. The van der Waals surface area contributed by atoms with Gasteiger partial charge in [-0.05, 0) is 12.1 Å². The van der Waals surface area contributed by atoms with Crippen LogP contribution in [0.25, 0.3) is 11.0 Å². The molecule has 2 aromatic rings. The fourth-order valence-corrected chi connectivity index (χ4v) is 1.93. The highest BCUT2D eigenvalue weighted by atomic mass is 35.5. The molecule has 0 aliphatic heterocycles. The van der Waals surface area contributed by atoms with Crippen LogP contribution >= 0.6 is 23.3 Å². The maximum atomic E-state index is 10.6. The number of carbonyl (C=O) groups excluding carboxylic acids is 1. The van der Waals surface area contributed by atoms with Gasteiger partial charge in [0.1, 0.15) is 11.0 Å². The Labute approximate surface area is 94.6 Å². The number of primary amides is 1. The van der Waals surface area contributed by atoms with Crippen LogP contribution < -0.4 is 11.1 Å². The SMILES string of the molecule is NC(=O)CNc1c(Cl)ccc2nsnc12. The van der Waals surface area contributed by atoms with Crippen LogP contribution in [0.5, 0.6) is 0 Å². The minimum atomic E-state index is -0.453. The summed E-state index contributed by atoms with van der Waals surface area (Å²) in [5, 5.41) is 3.34. The quantitative estimate of drug-likeness (QED) is 0.849. The van der Waals surface area contributed by atoms with Crippen LogP contribution in [0.15, 0.2) is 12.1 Å². The van der Waals surface area contributed by atoms with E-state index in [1.807, 2.05) is 0 Å². The van der Waals surface area contributed by atoms with Gasteiger partial charge >= 0.3 is 0 Å². The van der Waals surface area contributed by atoms with Crippen molar-refractivity contribution in [2.75, 3.05) is 11.9 Å². The van der Waals surface area contributed by atoms with Gasteiger partial charge in [0.25, 0.3) is 0 Å². The summed E-state index contributed by atoms with van der Waals surface area (Å²) in [6, 6.07) is 3.48. The van der Waals surface area contributed by atoms with Crippen molar-refractivity contribution in [2.45, 2.75) is 0 Å². The van der Waals surface area contributed by atoms with Crippen molar-refractivity contribution in [1.82, 2.24) is 8.75 Å². The summed E-state index contributed by atoms with van der Waals surface area (Å²) in [6.45, 7) is 0.0242. The first kappa shape index (κ1) is 10.1. The zero-order chi connectivity index (χ0) is 10.8. The van der Waals surface area contributed by atoms with Gasteiger partial charge < -0.3 is 11.1 Å². The molecular weight excluding hydrogens is 236 g/mol. The minimum Gasteiger partial charge on any atom is -0.373 e. The van der Waals surface area contributed by atoms with Gasteiger partial charge in [-0.25, -0.2) is 0 Å². The molecule has 1 aromatic heterocycles. The number of halogens is 1. The van der Waals surface area contributed by atoms with Gasteiger partial charge in [-0.2, -0.15) is 8.75 Å². The standard InChI is InChI=1S/C8H7ClN4OS/c9-4-1-2-5-8(13-15-12-5)7(4)11-3-6(10)14/h1-2,11H,3H2,(H2,10,14). The molecule has 0 unspecified atom stereocenters. The van der Waals surface area contributed by atoms with E-state index in [2.05, 4.69) is 14.1 Å². The molecule has 3 N–H and O–H groups in total. The third-order valence-corrected chi connectivity index (χ3v) is 2.67. The third-order valence-electron chi connectivity index (χ3n) is 1.82. The minimum absolute atomic E-state index is 0.0242. The summed E-state index contributed by atoms with van der Waals surface area (Å²) < 4.78 is 8.15. The number of nitrogens with zero attached hydrogens (tertiary/aromatic N) is 2. The summed E-state index contributed by atoms with van der Waals surface area (Å²) in [4.78, 5) is 10.6. The Hall–Kier alpha value is -1.40. The molecule has 0 saturated heterocycles. The Bertz CT molecular complexity index is 512. The number of rotatable bonds is 3. The molecule has 0 aliphatic rings. The Morgan fingerprint density at radius 1 is 1.53 bits per heavy atom. The molecule has 0 atom stereocenters. The van der Waals surface area contributed by atoms with Gasteiger partial charge in [-0.3, -0.25) is 4.79 Å². The average molecular weight is 243 g/mol. The lowest BCUT2D eigenvalue weighted by atomic mass is 10.2. The van der Waals surface area contributed by atoms with Crippen LogP contribution in [-0.4, -0.2) is 21.2 Å². The van der Waals surface area contributed by atoms with E-state index in [1.54, 1.807) is 12.1 Å².